The van der Waals surface area contributed by atoms with E-state index in [1.165, 1.54) is 5.19 Å². The normalized spacial score (nSPS) is 27.8. The third-order valence-corrected chi connectivity index (χ3v) is 12.4. The first kappa shape index (κ1) is 22.8. The van der Waals surface area contributed by atoms with E-state index in [-0.39, 0.29) is 30.1 Å². The molecule has 0 saturated carbocycles. The minimum Gasteiger partial charge on any atom is -0.497 e. The highest BCUT2D eigenvalue weighted by Gasteiger charge is 2.65. The van der Waals surface area contributed by atoms with Gasteiger partial charge in [0.25, 0.3) is 5.91 Å². The molecular weight excluding hydrogens is 521 g/mol. The molecule has 1 saturated heterocycles. The highest BCUT2D eigenvalue weighted by molar-refractivity contribution is 14.1. The van der Waals surface area contributed by atoms with Crippen molar-refractivity contribution in [2.24, 2.45) is 5.92 Å². The second-order valence-corrected chi connectivity index (χ2v) is 15.1. The molecular formula is C24H30INO4Si. The maximum Gasteiger partial charge on any atom is 0.264 e. The van der Waals surface area contributed by atoms with Gasteiger partial charge in [0.05, 0.1) is 27.0 Å². The lowest BCUT2D eigenvalue weighted by molar-refractivity contribution is -0.146. The third-order valence-electron chi connectivity index (χ3n) is 7.34. The first-order valence-electron chi connectivity index (χ1n) is 10.7. The number of aliphatic hydroxyl groups is 1. The lowest BCUT2D eigenvalue weighted by Crippen LogP contribution is -2.51. The average Bonchev–Trinajstić information content (AvgIpc) is 3.16. The Kier molecular flexibility index (Phi) is 6.00. The average molecular weight is 551 g/mol. The van der Waals surface area contributed by atoms with Crippen LogP contribution >= 0.6 is 22.6 Å². The van der Waals surface area contributed by atoms with E-state index < -0.39 is 13.7 Å². The van der Waals surface area contributed by atoms with Gasteiger partial charge in [-0.2, -0.15) is 0 Å². The first-order valence-corrected chi connectivity index (χ1v) is 14.9. The van der Waals surface area contributed by atoms with Crippen molar-refractivity contribution < 1.29 is 19.4 Å². The summed E-state index contributed by atoms with van der Waals surface area (Å²) in [4.78, 5) is 15.4. The molecule has 7 heteroatoms. The number of hydrogen-bond donors (Lipinski definition) is 1. The molecule has 2 aliphatic rings. The number of methoxy groups -OCH3 is 1. The van der Waals surface area contributed by atoms with E-state index >= 15 is 0 Å². The molecule has 1 N–H and O–H groups in total. The number of ether oxygens (including phenoxy) is 2. The fourth-order valence-corrected chi connectivity index (χ4v) is 10.3. The highest BCUT2D eigenvalue weighted by Crippen LogP contribution is 2.59. The monoisotopic (exact) mass is 551 g/mol. The van der Waals surface area contributed by atoms with Gasteiger partial charge in [-0.05, 0) is 64.9 Å². The number of carbonyl (C=O) groups is 1. The Bertz CT molecular complexity index is 996. The van der Waals surface area contributed by atoms with Crippen molar-refractivity contribution in [2.75, 3.05) is 25.7 Å². The minimum absolute atomic E-state index is 0.00182. The maximum atomic E-state index is 13.7. The Morgan fingerprint density at radius 3 is 2.52 bits per heavy atom. The minimum atomic E-state index is -2.09. The molecule has 0 aromatic heterocycles. The molecule has 4 atom stereocenters. The second kappa shape index (κ2) is 8.17. The number of fused-ring (bicyclic) bond motifs is 2. The zero-order valence-corrected chi connectivity index (χ0v) is 21.8. The fourth-order valence-electron chi connectivity index (χ4n) is 5.79. The molecule has 1 spiro atoms. The summed E-state index contributed by atoms with van der Waals surface area (Å²) in [5, 5.41) is 11.1. The Hall–Kier alpha value is -1.42. The van der Waals surface area contributed by atoms with Gasteiger partial charge in [0, 0.05) is 28.7 Å². The molecule has 0 unspecified atom stereocenters. The van der Waals surface area contributed by atoms with Crippen LogP contribution in [0, 0.1) is 9.49 Å². The van der Waals surface area contributed by atoms with Crippen LogP contribution in [0.25, 0.3) is 0 Å². The van der Waals surface area contributed by atoms with Gasteiger partial charge >= 0.3 is 0 Å². The van der Waals surface area contributed by atoms with Crippen molar-refractivity contribution in [1.29, 1.82) is 0 Å². The highest BCUT2D eigenvalue weighted by atomic mass is 127. The number of amides is 1. The van der Waals surface area contributed by atoms with Crippen molar-refractivity contribution in [3.63, 3.8) is 0 Å². The van der Waals surface area contributed by atoms with Crippen LogP contribution in [0.5, 0.6) is 5.75 Å². The second-order valence-electron chi connectivity index (χ2n) is 9.19. The quantitative estimate of drug-likeness (QED) is 0.453. The van der Waals surface area contributed by atoms with Crippen LogP contribution in [0.4, 0.5) is 5.69 Å². The predicted octanol–water partition coefficient (Wildman–Crippen LogP) is 3.87. The van der Waals surface area contributed by atoms with Gasteiger partial charge in [0.1, 0.15) is 5.75 Å². The van der Waals surface area contributed by atoms with Gasteiger partial charge in [0.15, 0.2) is 5.60 Å². The SMILES string of the molecule is COc1ccc([Si](C)(C)[C@H]2[C@H](CCO)O[C@@]3(C(=O)N(C)c4ccc(I)cc43)[C@@H]2C)cc1. The third kappa shape index (κ3) is 3.35. The Morgan fingerprint density at radius 1 is 1.23 bits per heavy atom. The van der Waals surface area contributed by atoms with Crippen LogP contribution in [-0.2, 0) is 15.1 Å². The largest absolute Gasteiger partial charge is 0.497 e. The first-order chi connectivity index (χ1) is 14.7. The zero-order chi connectivity index (χ0) is 22.6. The van der Waals surface area contributed by atoms with E-state index in [1.54, 1.807) is 12.0 Å². The summed E-state index contributed by atoms with van der Waals surface area (Å²) < 4.78 is 13.2. The van der Waals surface area contributed by atoms with Crippen LogP contribution in [0.2, 0.25) is 18.6 Å². The lowest BCUT2D eigenvalue weighted by Gasteiger charge is -2.37. The molecule has 4 rings (SSSR count). The number of nitrogens with zero attached hydrogens (tertiary/aromatic N) is 1. The summed E-state index contributed by atoms with van der Waals surface area (Å²) in [5.41, 5.74) is 1.06. The predicted molar refractivity (Wildman–Crippen MR) is 134 cm³/mol. The molecule has 31 heavy (non-hydrogen) atoms. The maximum absolute atomic E-state index is 13.7. The van der Waals surface area contributed by atoms with E-state index in [9.17, 15) is 9.90 Å². The number of anilines is 1. The van der Waals surface area contributed by atoms with Crippen molar-refractivity contribution in [3.05, 3.63) is 51.6 Å². The van der Waals surface area contributed by atoms with E-state index in [0.29, 0.717) is 6.42 Å². The van der Waals surface area contributed by atoms with Gasteiger partial charge in [-0.3, -0.25) is 4.79 Å². The molecule has 5 nitrogen and oxygen atoms in total. The van der Waals surface area contributed by atoms with Gasteiger partial charge in [-0.25, -0.2) is 0 Å². The number of aliphatic hydroxyl groups excluding tert-OH is 1. The van der Waals surface area contributed by atoms with Crippen molar-refractivity contribution >= 4 is 47.4 Å². The van der Waals surface area contributed by atoms with Crippen molar-refractivity contribution in [1.82, 2.24) is 0 Å². The molecule has 2 aliphatic heterocycles. The van der Waals surface area contributed by atoms with Gasteiger partial charge in [-0.15, -0.1) is 0 Å². The van der Waals surface area contributed by atoms with E-state index in [0.717, 1.165) is 20.6 Å². The number of hydrogen-bond acceptors (Lipinski definition) is 4. The van der Waals surface area contributed by atoms with Gasteiger partial charge < -0.3 is 19.5 Å². The number of rotatable bonds is 5. The van der Waals surface area contributed by atoms with Gasteiger partial charge in [0.2, 0.25) is 0 Å². The van der Waals surface area contributed by atoms with Gasteiger partial charge in [-0.1, -0.05) is 37.3 Å². The summed E-state index contributed by atoms with van der Waals surface area (Å²) in [6.07, 6.45) is 0.351. The summed E-state index contributed by atoms with van der Waals surface area (Å²) >= 11 is 2.29. The molecule has 2 aromatic rings. The summed E-state index contributed by atoms with van der Waals surface area (Å²) in [5.74, 6) is 0.827. The zero-order valence-electron chi connectivity index (χ0n) is 18.7. The molecule has 2 aromatic carbocycles. The van der Waals surface area contributed by atoms with Crippen LogP contribution < -0.4 is 14.8 Å². The smallest absolute Gasteiger partial charge is 0.264 e. The Balaban J connectivity index is 1.83. The topological polar surface area (TPSA) is 59.0 Å². The molecule has 0 bridgehead atoms. The van der Waals surface area contributed by atoms with Crippen LogP contribution in [-0.4, -0.2) is 46.0 Å². The molecule has 0 aliphatic carbocycles. The molecule has 166 valence electrons. The summed E-state index contributed by atoms with van der Waals surface area (Å²) in [6, 6.07) is 14.5. The fraction of sp³-hybridized carbons (Fsp3) is 0.458. The molecule has 1 amide bonds. The number of benzene rings is 2. The van der Waals surface area contributed by atoms with E-state index in [1.807, 2.05) is 31.3 Å². The number of carbonyl (C=O) groups excluding carboxylic acids is 1. The van der Waals surface area contributed by atoms with Crippen LogP contribution in [0.3, 0.4) is 0 Å². The molecule has 0 radical (unpaired) electrons. The van der Waals surface area contributed by atoms with Crippen LogP contribution in [0.15, 0.2) is 42.5 Å². The van der Waals surface area contributed by atoms with Crippen LogP contribution in [0.1, 0.15) is 18.9 Å². The standard InChI is InChI=1S/C24H30INO4Si/c1-15-22(31(4,5)18-9-7-17(29-3)8-10-18)21(12-13-27)30-24(15)19-14-16(25)6-11-20(19)26(2)23(24)28/h6-11,14-15,21-22,27H,12-13H2,1-5H3/t15-,21+,22-,24+/m1/s1. The Labute approximate surface area is 198 Å². The van der Waals surface area contributed by atoms with E-state index in [4.69, 9.17) is 9.47 Å². The Morgan fingerprint density at radius 2 is 1.90 bits per heavy atom. The molecule has 2 heterocycles. The molecule has 1 fully saturated rings. The summed E-state index contributed by atoms with van der Waals surface area (Å²) in [6.45, 7) is 6.91. The number of halogens is 1. The van der Waals surface area contributed by atoms with E-state index in [2.05, 4.69) is 60.8 Å². The summed E-state index contributed by atoms with van der Waals surface area (Å²) in [7, 11) is 1.42. The van der Waals surface area contributed by atoms with Crippen molar-refractivity contribution in [2.45, 2.75) is 43.7 Å². The number of likely N-dealkylation sites (N-methyl/N-ethyl adjacent to an activating group) is 1. The van der Waals surface area contributed by atoms with Crippen molar-refractivity contribution in [3.8, 4) is 5.75 Å². The lowest BCUT2D eigenvalue weighted by atomic mass is 9.82.